The predicted molar refractivity (Wildman–Crippen MR) is 195 cm³/mol. The lowest BCUT2D eigenvalue weighted by Crippen LogP contribution is -2.53. The smallest absolute Gasteiger partial charge is 0.280 e. The number of ether oxygens (including phenoxy) is 1. The third-order valence-electron chi connectivity index (χ3n) is 10.5. The van der Waals surface area contributed by atoms with Crippen molar-refractivity contribution in [2.45, 2.75) is 43.9 Å². The number of hydrogen-bond donors (Lipinski definition) is 1. The summed E-state index contributed by atoms with van der Waals surface area (Å²) >= 11 is 0. The van der Waals surface area contributed by atoms with E-state index >= 15 is 0 Å². The number of halogens is 1. The second kappa shape index (κ2) is 14.6. The summed E-state index contributed by atoms with van der Waals surface area (Å²) in [6.45, 7) is 2.66. The van der Waals surface area contributed by atoms with Crippen molar-refractivity contribution in [1.82, 2.24) is 24.3 Å². The van der Waals surface area contributed by atoms with Crippen LogP contribution in [0.25, 0.3) is 11.0 Å². The van der Waals surface area contributed by atoms with E-state index in [1.807, 2.05) is 77.5 Å². The van der Waals surface area contributed by atoms with Gasteiger partial charge in [0.1, 0.15) is 17.4 Å². The lowest BCUT2D eigenvalue weighted by atomic mass is 9.79. The molecule has 2 atom stereocenters. The zero-order valence-electron chi connectivity index (χ0n) is 29.0. The van der Waals surface area contributed by atoms with Gasteiger partial charge in [-0.2, -0.15) is 0 Å². The molecule has 3 aromatic carbocycles. The Morgan fingerprint density at radius 2 is 1.71 bits per heavy atom. The number of hydrogen-bond acceptors (Lipinski definition) is 8. The minimum absolute atomic E-state index is 0.0385. The Hall–Kier alpha value is -5.13. The van der Waals surface area contributed by atoms with Crippen molar-refractivity contribution < 1.29 is 19.0 Å². The number of piperidine rings is 2. The highest BCUT2D eigenvalue weighted by Gasteiger charge is 2.41. The first-order valence-corrected chi connectivity index (χ1v) is 17.5. The highest BCUT2D eigenvalue weighted by atomic mass is 19.1. The van der Waals surface area contributed by atoms with E-state index in [2.05, 4.69) is 27.0 Å². The second-order valence-corrected chi connectivity index (χ2v) is 13.8. The number of nitrogens with zero attached hydrogens (tertiary/aromatic N) is 6. The summed E-state index contributed by atoms with van der Waals surface area (Å²) in [5, 5.41) is 11.7. The summed E-state index contributed by atoms with van der Waals surface area (Å²) < 4.78 is 21.2. The second-order valence-electron chi connectivity index (χ2n) is 13.8. The van der Waals surface area contributed by atoms with Crippen molar-refractivity contribution in [1.29, 1.82) is 0 Å². The first-order chi connectivity index (χ1) is 24.7. The van der Waals surface area contributed by atoms with Gasteiger partial charge in [-0.25, -0.2) is 14.4 Å². The van der Waals surface area contributed by atoms with Crippen LogP contribution in [0, 0.1) is 11.7 Å². The largest absolute Gasteiger partial charge is 0.497 e. The Bertz CT molecular complexity index is 2050. The fraction of sp³-hybridized carbons (Fsp3) is 0.350. The van der Waals surface area contributed by atoms with E-state index in [-0.39, 0.29) is 41.2 Å². The Balaban J connectivity index is 1.03. The van der Waals surface area contributed by atoms with Crippen LogP contribution in [0.1, 0.15) is 36.3 Å². The summed E-state index contributed by atoms with van der Waals surface area (Å²) in [5.41, 5.74) is 1.81. The summed E-state index contributed by atoms with van der Waals surface area (Å²) in [6, 6.07) is 28.1. The molecule has 2 aliphatic rings. The molecular weight excluding hydrogens is 647 g/mol. The van der Waals surface area contributed by atoms with Gasteiger partial charge in [0.25, 0.3) is 5.56 Å². The van der Waals surface area contributed by atoms with Gasteiger partial charge in [-0.05, 0) is 73.8 Å². The van der Waals surface area contributed by atoms with Gasteiger partial charge in [0.05, 0.1) is 31.1 Å². The molecular formula is C40H43FN6O4. The predicted octanol–water partition coefficient (Wildman–Crippen LogP) is 5.37. The summed E-state index contributed by atoms with van der Waals surface area (Å²) in [5.74, 6) is 0.935. The number of carbonyl (C=O) groups excluding carboxylic acids is 1. The van der Waals surface area contributed by atoms with E-state index in [4.69, 9.17) is 4.74 Å². The molecule has 4 heterocycles. The van der Waals surface area contributed by atoms with E-state index in [1.54, 1.807) is 19.2 Å². The third kappa shape index (κ3) is 7.36. The number of pyridine rings is 1. The van der Waals surface area contributed by atoms with Crippen molar-refractivity contribution in [3.63, 3.8) is 0 Å². The third-order valence-corrected chi connectivity index (χ3v) is 10.5. The van der Waals surface area contributed by atoms with Crippen molar-refractivity contribution in [3.05, 3.63) is 125 Å². The molecule has 0 unspecified atom stereocenters. The average Bonchev–Trinajstić information content (AvgIpc) is 3.17. The zero-order valence-corrected chi connectivity index (χ0v) is 29.0. The van der Waals surface area contributed by atoms with Crippen LogP contribution in [0.5, 0.6) is 5.75 Å². The van der Waals surface area contributed by atoms with Crippen LogP contribution in [0.15, 0.2) is 102 Å². The van der Waals surface area contributed by atoms with Gasteiger partial charge in [-0.3, -0.25) is 19.1 Å². The number of amides is 1. The molecule has 0 aliphatic carbocycles. The van der Waals surface area contributed by atoms with Crippen LogP contribution < -0.4 is 15.2 Å². The minimum Gasteiger partial charge on any atom is -0.497 e. The molecule has 2 aromatic heterocycles. The van der Waals surface area contributed by atoms with E-state index in [0.29, 0.717) is 68.9 Å². The number of carbonyl (C=O) groups is 1. The Kier molecular flexibility index (Phi) is 9.84. The standard InChI is InChI=1S/C40H43FN6O4/c1-44(30-12-14-31(51-2)15-13-30)36-17-16-35-37(43-36)39(49)47(27-42-35)26-40(50)19-22-46(23-20-40)38(48)32-18-21-45(24-29-10-6-7-11-34(29)41)25-33(32)28-8-4-3-5-9-28/h3-17,27,32-33,50H,18-26H2,1-2H3/t32-,33+/m1/s1. The number of benzene rings is 3. The highest BCUT2D eigenvalue weighted by molar-refractivity contribution is 5.80. The Morgan fingerprint density at radius 3 is 2.43 bits per heavy atom. The van der Waals surface area contributed by atoms with Gasteiger partial charge in [-0.15, -0.1) is 0 Å². The number of anilines is 2. The molecule has 5 aromatic rings. The molecule has 2 fully saturated rings. The first-order valence-electron chi connectivity index (χ1n) is 17.5. The van der Waals surface area contributed by atoms with Crippen molar-refractivity contribution >= 4 is 28.4 Å². The first kappa shape index (κ1) is 34.3. The molecule has 7 rings (SSSR count). The molecule has 0 radical (unpaired) electrons. The van der Waals surface area contributed by atoms with Crippen LogP contribution in [0.3, 0.4) is 0 Å². The Morgan fingerprint density at radius 1 is 0.980 bits per heavy atom. The van der Waals surface area contributed by atoms with Crippen molar-refractivity contribution in [2.24, 2.45) is 5.92 Å². The van der Waals surface area contributed by atoms with Crippen LogP contribution in [0.4, 0.5) is 15.9 Å². The van der Waals surface area contributed by atoms with E-state index in [9.17, 15) is 19.1 Å². The summed E-state index contributed by atoms with van der Waals surface area (Å²) in [4.78, 5) is 42.9. The van der Waals surface area contributed by atoms with Crippen molar-refractivity contribution in [3.8, 4) is 5.75 Å². The minimum atomic E-state index is -1.19. The maximum absolute atomic E-state index is 14.5. The number of fused-ring (bicyclic) bond motifs is 1. The van der Waals surface area contributed by atoms with E-state index in [1.165, 1.54) is 17.0 Å². The molecule has 1 amide bonds. The number of aliphatic hydroxyl groups is 1. The zero-order chi connectivity index (χ0) is 35.5. The van der Waals surface area contributed by atoms with E-state index < -0.39 is 5.60 Å². The molecule has 2 saturated heterocycles. The van der Waals surface area contributed by atoms with Crippen LogP contribution in [0.2, 0.25) is 0 Å². The van der Waals surface area contributed by atoms with E-state index in [0.717, 1.165) is 17.0 Å². The lowest BCUT2D eigenvalue weighted by molar-refractivity contribution is -0.142. The average molecular weight is 691 g/mol. The number of methoxy groups -OCH3 is 1. The molecule has 10 nitrogen and oxygen atoms in total. The lowest BCUT2D eigenvalue weighted by Gasteiger charge is -2.43. The normalized spacial score (nSPS) is 19.2. The number of aromatic nitrogens is 3. The fourth-order valence-corrected chi connectivity index (χ4v) is 7.48. The fourth-order valence-electron chi connectivity index (χ4n) is 7.48. The summed E-state index contributed by atoms with van der Waals surface area (Å²) in [7, 11) is 3.49. The van der Waals surface area contributed by atoms with Gasteiger partial charge in [0.2, 0.25) is 5.91 Å². The van der Waals surface area contributed by atoms with Gasteiger partial charge in [-0.1, -0.05) is 48.5 Å². The van der Waals surface area contributed by atoms with Gasteiger partial charge in [0, 0.05) is 56.3 Å². The molecule has 2 aliphatic heterocycles. The molecule has 0 spiro atoms. The maximum Gasteiger partial charge on any atom is 0.280 e. The van der Waals surface area contributed by atoms with Crippen LogP contribution in [-0.4, -0.2) is 81.3 Å². The molecule has 264 valence electrons. The quantitative estimate of drug-likeness (QED) is 0.221. The topological polar surface area (TPSA) is 104 Å². The molecule has 11 heteroatoms. The number of likely N-dealkylation sites (tertiary alicyclic amines) is 2. The highest BCUT2D eigenvalue weighted by Crippen LogP contribution is 2.36. The van der Waals surface area contributed by atoms with Gasteiger partial charge >= 0.3 is 0 Å². The SMILES string of the molecule is COc1ccc(N(C)c2ccc3ncn(CC4(O)CCN(C(=O)[C@@H]5CCN(Cc6ccccc6F)C[C@H]5c5ccccc5)CC4)c(=O)c3n2)cc1. The molecule has 0 bridgehead atoms. The summed E-state index contributed by atoms with van der Waals surface area (Å²) in [6.07, 6.45) is 2.79. The van der Waals surface area contributed by atoms with Crippen molar-refractivity contribution in [2.75, 3.05) is 45.2 Å². The maximum atomic E-state index is 14.5. The molecule has 51 heavy (non-hydrogen) atoms. The number of rotatable bonds is 9. The van der Waals surface area contributed by atoms with Crippen LogP contribution in [-0.2, 0) is 17.9 Å². The van der Waals surface area contributed by atoms with Crippen LogP contribution >= 0.6 is 0 Å². The molecule has 1 N–H and O–H groups in total. The van der Waals surface area contributed by atoms with Gasteiger partial charge < -0.3 is 19.6 Å². The Labute approximate surface area is 296 Å². The van der Waals surface area contributed by atoms with Gasteiger partial charge in [0.15, 0.2) is 5.52 Å². The monoisotopic (exact) mass is 690 g/mol. The molecule has 0 saturated carbocycles.